The van der Waals surface area contributed by atoms with E-state index in [1.807, 2.05) is 19.9 Å². The summed E-state index contributed by atoms with van der Waals surface area (Å²) in [6.45, 7) is 16.0. The first-order chi connectivity index (χ1) is 19.7. The first-order valence-corrected chi connectivity index (χ1v) is 14.7. The highest BCUT2D eigenvalue weighted by atomic mass is 32.2. The number of aromatic nitrogens is 6. The number of aromatic amines is 1. The van der Waals surface area contributed by atoms with Gasteiger partial charge in [-0.3, -0.25) is 10.00 Å². The van der Waals surface area contributed by atoms with Crippen LogP contribution < -0.4 is 19.7 Å². The van der Waals surface area contributed by atoms with Crippen LogP contribution in [0.1, 0.15) is 38.4 Å². The summed E-state index contributed by atoms with van der Waals surface area (Å²) in [4.78, 5) is 23.7. The van der Waals surface area contributed by atoms with E-state index in [-0.39, 0.29) is 4.75 Å². The van der Waals surface area contributed by atoms with Crippen LogP contribution in [0.25, 0.3) is 10.9 Å². The summed E-state index contributed by atoms with van der Waals surface area (Å²) in [6.07, 6.45) is 5.96. The molecule has 0 atom stereocenters. The lowest BCUT2D eigenvalue weighted by molar-refractivity contribution is 0.222. The molecule has 41 heavy (non-hydrogen) atoms. The molecule has 0 spiro atoms. The Kier molecular flexibility index (Phi) is 8.79. The van der Waals surface area contributed by atoms with E-state index in [2.05, 4.69) is 72.1 Å². The Morgan fingerprint density at radius 3 is 2.44 bits per heavy atom. The fourth-order valence-corrected chi connectivity index (χ4v) is 5.69. The lowest BCUT2D eigenvalue weighted by Gasteiger charge is -2.34. The Hall–Kier alpha value is -3.64. The molecule has 218 valence electrons. The number of hydrogen-bond acceptors (Lipinski definition) is 11. The molecule has 1 saturated heterocycles. The summed E-state index contributed by atoms with van der Waals surface area (Å²) in [5.41, 5.74) is 2.86. The van der Waals surface area contributed by atoms with E-state index in [0.717, 1.165) is 89.5 Å². The summed E-state index contributed by atoms with van der Waals surface area (Å²) in [5.74, 6) is 3.86. The maximum Gasteiger partial charge on any atom is 0.225 e. The van der Waals surface area contributed by atoms with Gasteiger partial charge in [0.1, 0.15) is 23.7 Å². The molecule has 0 aliphatic carbocycles. The van der Waals surface area contributed by atoms with Gasteiger partial charge in [0, 0.05) is 54.5 Å². The zero-order chi connectivity index (χ0) is 29.0. The number of thioether (sulfide) groups is 1. The molecule has 1 aromatic carbocycles. The largest absolute Gasteiger partial charge is 0.494 e. The lowest BCUT2D eigenvalue weighted by Crippen LogP contribution is -2.47. The van der Waals surface area contributed by atoms with Crippen LogP contribution in [-0.2, 0) is 0 Å². The molecule has 3 aromatic heterocycles. The van der Waals surface area contributed by atoms with E-state index in [4.69, 9.17) is 9.47 Å². The summed E-state index contributed by atoms with van der Waals surface area (Å²) >= 11 is 1.79. The molecule has 2 N–H and O–H groups in total. The monoisotopic (exact) mass is 577 g/mol. The number of methoxy groups -OCH3 is 1. The number of ether oxygens (including phenoxy) is 2. The number of anilines is 3. The number of hydrogen-bond donors (Lipinski definition) is 2. The van der Waals surface area contributed by atoms with Crippen LogP contribution in [0.3, 0.4) is 0 Å². The summed E-state index contributed by atoms with van der Waals surface area (Å²) in [6, 6.07) is 4.18. The van der Waals surface area contributed by atoms with E-state index < -0.39 is 0 Å². The quantitative estimate of drug-likeness (QED) is 0.196. The second-order valence-corrected chi connectivity index (χ2v) is 13.0. The average Bonchev–Trinajstić information content (AvgIpc) is 3.27. The van der Waals surface area contributed by atoms with Crippen LogP contribution in [0.15, 0.2) is 35.7 Å². The zero-order valence-corrected chi connectivity index (χ0v) is 25.5. The van der Waals surface area contributed by atoms with Gasteiger partial charge in [-0.15, -0.1) is 11.8 Å². The van der Waals surface area contributed by atoms with Crippen molar-refractivity contribution in [2.24, 2.45) is 0 Å². The van der Waals surface area contributed by atoms with Crippen LogP contribution in [0.5, 0.6) is 11.5 Å². The summed E-state index contributed by atoms with van der Waals surface area (Å²) in [7, 11) is 1.62. The third kappa shape index (κ3) is 7.17. The molecule has 4 heterocycles. The fraction of sp³-hybridized carbons (Fsp3) is 0.483. The molecule has 12 heteroatoms. The van der Waals surface area contributed by atoms with Crippen molar-refractivity contribution in [3.8, 4) is 11.5 Å². The van der Waals surface area contributed by atoms with Crippen LogP contribution in [0.4, 0.5) is 17.6 Å². The smallest absolute Gasteiger partial charge is 0.225 e. The highest BCUT2D eigenvalue weighted by Crippen LogP contribution is 2.41. The van der Waals surface area contributed by atoms with E-state index >= 15 is 0 Å². The normalized spacial score (nSPS) is 14.4. The van der Waals surface area contributed by atoms with E-state index in [1.54, 1.807) is 37.6 Å². The van der Waals surface area contributed by atoms with Crippen LogP contribution in [0.2, 0.25) is 0 Å². The number of fused-ring (bicyclic) bond motifs is 1. The van der Waals surface area contributed by atoms with Gasteiger partial charge in [0.05, 0.1) is 42.2 Å². The molecule has 1 aliphatic heterocycles. The zero-order valence-electron chi connectivity index (χ0n) is 24.7. The Labute approximate surface area is 245 Å². The van der Waals surface area contributed by atoms with Crippen molar-refractivity contribution in [2.75, 3.05) is 56.7 Å². The maximum atomic E-state index is 6.39. The van der Waals surface area contributed by atoms with Gasteiger partial charge in [-0.05, 0) is 26.3 Å². The number of benzene rings is 1. The van der Waals surface area contributed by atoms with Crippen molar-refractivity contribution >= 4 is 40.2 Å². The molecule has 1 fully saturated rings. The molecule has 5 rings (SSSR count). The minimum absolute atomic E-state index is 0.0133. The Balaban J connectivity index is 1.22. The summed E-state index contributed by atoms with van der Waals surface area (Å²) < 4.78 is 11.6. The minimum atomic E-state index is 0.0133. The van der Waals surface area contributed by atoms with Gasteiger partial charge >= 0.3 is 0 Å². The van der Waals surface area contributed by atoms with E-state index in [1.165, 1.54) is 0 Å². The van der Waals surface area contributed by atoms with Gasteiger partial charge in [0.25, 0.3) is 0 Å². The van der Waals surface area contributed by atoms with Crippen molar-refractivity contribution in [3.63, 3.8) is 0 Å². The fourth-order valence-electron chi connectivity index (χ4n) is 4.63. The van der Waals surface area contributed by atoms with Crippen LogP contribution in [-0.4, -0.2) is 86.2 Å². The molecule has 0 radical (unpaired) electrons. The van der Waals surface area contributed by atoms with Crippen molar-refractivity contribution in [3.05, 3.63) is 42.1 Å². The second-order valence-electron chi connectivity index (χ2n) is 11.1. The topological polar surface area (TPSA) is 117 Å². The van der Waals surface area contributed by atoms with Gasteiger partial charge in [0.2, 0.25) is 5.95 Å². The van der Waals surface area contributed by atoms with Crippen molar-refractivity contribution in [2.45, 2.75) is 50.7 Å². The third-order valence-corrected chi connectivity index (χ3v) is 8.15. The van der Waals surface area contributed by atoms with Gasteiger partial charge in [0.15, 0.2) is 5.75 Å². The minimum Gasteiger partial charge on any atom is -0.494 e. The average molecular weight is 578 g/mol. The van der Waals surface area contributed by atoms with Gasteiger partial charge in [-0.1, -0.05) is 20.8 Å². The van der Waals surface area contributed by atoms with Crippen molar-refractivity contribution < 1.29 is 9.47 Å². The van der Waals surface area contributed by atoms with Gasteiger partial charge < -0.3 is 19.7 Å². The maximum absolute atomic E-state index is 6.39. The molecule has 1 aliphatic rings. The van der Waals surface area contributed by atoms with Crippen LogP contribution >= 0.6 is 11.8 Å². The Morgan fingerprint density at radius 2 is 1.78 bits per heavy atom. The Morgan fingerprint density at radius 1 is 1.02 bits per heavy atom. The highest BCUT2D eigenvalue weighted by molar-refractivity contribution is 8.00. The molecule has 0 amide bonds. The van der Waals surface area contributed by atoms with E-state index in [9.17, 15) is 0 Å². The molecule has 0 saturated carbocycles. The standard InChI is InChI=1S/C29H39N9O2S/c1-19-20(2)35-36-26(19)34-27-22-14-25(41-29(3,4)5)24(15-23(22)32-18-33-27)40-13-7-8-37-9-11-38(12-10-37)28-30-16-21(39-6)17-31-28/h14-18H,7-13H2,1-6H3,(H2,32,33,34,35,36). The van der Waals surface area contributed by atoms with Gasteiger partial charge in [-0.2, -0.15) is 5.10 Å². The van der Waals surface area contributed by atoms with Crippen molar-refractivity contribution in [1.29, 1.82) is 0 Å². The number of nitrogens with one attached hydrogen (secondary N) is 2. The first kappa shape index (κ1) is 28.9. The molecule has 4 aromatic rings. The lowest BCUT2D eigenvalue weighted by atomic mass is 10.2. The Bertz CT molecular complexity index is 1460. The number of rotatable bonds is 10. The predicted octanol–water partition coefficient (Wildman–Crippen LogP) is 4.99. The molecular formula is C29H39N9O2S. The number of aryl methyl sites for hydroxylation is 1. The molecule has 0 unspecified atom stereocenters. The van der Waals surface area contributed by atoms with Crippen molar-refractivity contribution in [1.82, 2.24) is 35.0 Å². The summed E-state index contributed by atoms with van der Waals surface area (Å²) in [5, 5.41) is 11.7. The second kappa shape index (κ2) is 12.5. The third-order valence-electron chi connectivity index (χ3n) is 7.00. The SMILES string of the molecule is COc1cnc(N2CCN(CCCOc3cc4ncnc(Nc5[nH]nc(C)c5C)c4cc3SC(C)(C)C)CC2)nc1. The van der Waals surface area contributed by atoms with E-state index in [0.29, 0.717) is 12.4 Å². The first-order valence-electron chi connectivity index (χ1n) is 13.9. The van der Waals surface area contributed by atoms with Crippen LogP contribution in [0, 0.1) is 13.8 Å². The number of nitrogens with zero attached hydrogens (tertiary/aromatic N) is 7. The molecular weight excluding hydrogens is 538 g/mol. The highest BCUT2D eigenvalue weighted by Gasteiger charge is 2.21. The molecule has 11 nitrogen and oxygen atoms in total. The predicted molar refractivity (Wildman–Crippen MR) is 164 cm³/mol. The number of piperazine rings is 1. The van der Waals surface area contributed by atoms with Gasteiger partial charge in [-0.25, -0.2) is 19.9 Å². The number of H-pyrrole nitrogens is 1. The molecule has 0 bridgehead atoms.